The lowest BCUT2D eigenvalue weighted by Gasteiger charge is -2.37. The second kappa shape index (κ2) is 6.02. The van der Waals surface area contributed by atoms with E-state index in [0.29, 0.717) is 18.7 Å². The highest BCUT2D eigenvalue weighted by molar-refractivity contribution is 5.95. The van der Waals surface area contributed by atoms with Crippen molar-refractivity contribution in [3.8, 4) is 5.69 Å². The monoisotopic (exact) mass is 338 g/mol. The van der Waals surface area contributed by atoms with Gasteiger partial charge in [-0.3, -0.25) is 9.59 Å². The molecule has 2 aliphatic heterocycles. The van der Waals surface area contributed by atoms with Crippen LogP contribution in [0.15, 0.2) is 43.0 Å². The van der Waals surface area contributed by atoms with Gasteiger partial charge in [0.15, 0.2) is 0 Å². The fourth-order valence-electron chi connectivity index (χ4n) is 4.06. The molecule has 0 N–H and O–H groups in total. The summed E-state index contributed by atoms with van der Waals surface area (Å²) >= 11 is 0. The number of nitrogens with zero attached hydrogens (tertiary/aromatic N) is 4. The van der Waals surface area contributed by atoms with Gasteiger partial charge in [-0.1, -0.05) is 0 Å². The molecule has 6 heteroatoms. The van der Waals surface area contributed by atoms with Crippen molar-refractivity contribution in [1.82, 2.24) is 19.4 Å². The number of imidazole rings is 1. The zero-order chi connectivity index (χ0) is 17.4. The molecule has 1 unspecified atom stereocenters. The summed E-state index contributed by atoms with van der Waals surface area (Å²) in [6, 6.07) is 7.52. The minimum absolute atomic E-state index is 0.00934. The number of carbonyl (C=O) groups is 2. The third-order valence-electron chi connectivity index (χ3n) is 5.51. The van der Waals surface area contributed by atoms with Crippen LogP contribution in [0.3, 0.4) is 0 Å². The smallest absolute Gasteiger partial charge is 0.253 e. The van der Waals surface area contributed by atoms with E-state index in [9.17, 15) is 9.59 Å². The predicted octanol–water partition coefficient (Wildman–Crippen LogP) is 1.96. The Morgan fingerprint density at radius 1 is 1.16 bits per heavy atom. The van der Waals surface area contributed by atoms with Crippen LogP contribution >= 0.6 is 0 Å². The molecule has 6 nitrogen and oxygen atoms in total. The summed E-state index contributed by atoms with van der Waals surface area (Å²) < 4.78 is 1.90. The summed E-state index contributed by atoms with van der Waals surface area (Å²) in [5, 5.41) is 0. The van der Waals surface area contributed by atoms with Crippen molar-refractivity contribution in [3.63, 3.8) is 0 Å². The minimum atomic E-state index is -0.362. The lowest BCUT2D eigenvalue weighted by Crippen LogP contribution is -2.48. The van der Waals surface area contributed by atoms with Crippen molar-refractivity contribution in [1.29, 1.82) is 0 Å². The number of rotatable bonds is 2. The number of likely N-dealkylation sites (tertiary alicyclic amines) is 2. The lowest BCUT2D eigenvalue weighted by atomic mass is 9.78. The van der Waals surface area contributed by atoms with Crippen LogP contribution in [-0.4, -0.2) is 57.8 Å². The van der Waals surface area contributed by atoms with Gasteiger partial charge in [-0.05, 0) is 43.5 Å². The first-order valence-corrected chi connectivity index (χ1v) is 8.72. The summed E-state index contributed by atoms with van der Waals surface area (Å²) in [7, 11) is 1.86. The third-order valence-corrected chi connectivity index (χ3v) is 5.51. The van der Waals surface area contributed by atoms with Gasteiger partial charge >= 0.3 is 0 Å². The fraction of sp³-hybridized carbons (Fsp3) is 0.421. The molecule has 1 aromatic carbocycles. The number of benzene rings is 1. The average molecular weight is 338 g/mol. The number of hydrogen-bond donors (Lipinski definition) is 0. The van der Waals surface area contributed by atoms with E-state index in [1.165, 1.54) is 0 Å². The van der Waals surface area contributed by atoms with Crippen LogP contribution in [0.1, 0.15) is 29.6 Å². The number of piperidine rings is 1. The van der Waals surface area contributed by atoms with Crippen molar-refractivity contribution < 1.29 is 9.59 Å². The normalized spacial score (nSPS) is 23.5. The molecular formula is C19H22N4O2. The molecule has 25 heavy (non-hydrogen) atoms. The van der Waals surface area contributed by atoms with E-state index in [1.54, 1.807) is 12.5 Å². The number of carbonyl (C=O) groups excluding carboxylic acids is 2. The Bertz CT molecular complexity index is 784. The summed E-state index contributed by atoms with van der Waals surface area (Å²) in [5.74, 6) is 0.208. The second-order valence-electron chi connectivity index (χ2n) is 7.10. The van der Waals surface area contributed by atoms with Gasteiger partial charge in [-0.25, -0.2) is 4.98 Å². The molecule has 2 amide bonds. The summed E-state index contributed by atoms with van der Waals surface area (Å²) in [6.45, 7) is 2.02. The molecule has 0 radical (unpaired) electrons. The molecule has 0 aliphatic carbocycles. The Labute approximate surface area is 147 Å². The van der Waals surface area contributed by atoms with E-state index in [0.717, 1.165) is 31.5 Å². The van der Waals surface area contributed by atoms with Crippen LogP contribution in [0, 0.1) is 5.41 Å². The van der Waals surface area contributed by atoms with Crippen molar-refractivity contribution in [2.75, 3.05) is 26.7 Å². The van der Waals surface area contributed by atoms with Gasteiger partial charge in [0.1, 0.15) is 0 Å². The summed E-state index contributed by atoms with van der Waals surface area (Å²) in [5.41, 5.74) is 1.27. The number of amides is 2. The Morgan fingerprint density at radius 2 is 1.96 bits per heavy atom. The highest BCUT2D eigenvalue weighted by Crippen LogP contribution is 2.40. The molecule has 4 rings (SSSR count). The first-order chi connectivity index (χ1) is 12.1. The van der Waals surface area contributed by atoms with Gasteiger partial charge in [0, 0.05) is 50.3 Å². The number of aromatic nitrogens is 2. The van der Waals surface area contributed by atoms with Gasteiger partial charge in [-0.15, -0.1) is 0 Å². The zero-order valence-corrected chi connectivity index (χ0v) is 14.4. The Hall–Kier alpha value is -2.63. The maximum atomic E-state index is 12.8. The van der Waals surface area contributed by atoms with Gasteiger partial charge in [0.25, 0.3) is 5.91 Å². The van der Waals surface area contributed by atoms with E-state index in [4.69, 9.17) is 0 Å². The molecule has 2 aliphatic rings. The molecule has 1 aromatic heterocycles. The van der Waals surface area contributed by atoms with Crippen LogP contribution in [0.25, 0.3) is 5.69 Å². The van der Waals surface area contributed by atoms with E-state index < -0.39 is 0 Å². The maximum absolute atomic E-state index is 12.8. The Morgan fingerprint density at radius 3 is 2.68 bits per heavy atom. The molecule has 2 saturated heterocycles. The van der Waals surface area contributed by atoms with E-state index in [2.05, 4.69) is 4.98 Å². The molecule has 0 saturated carbocycles. The van der Waals surface area contributed by atoms with Gasteiger partial charge in [-0.2, -0.15) is 0 Å². The molecular weight excluding hydrogens is 316 g/mol. The van der Waals surface area contributed by atoms with Crippen molar-refractivity contribution in [2.45, 2.75) is 19.3 Å². The summed E-state index contributed by atoms with van der Waals surface area (Å²) in [4.78, 5) is 33.1. The molecule has 2 fully saturated rings. The van der Waals surface area contributed by atoms with E-state index in [1.807, 2.05) is 51.9 Å². The quantitative estimate of drug-likeness (QED) is 0.841. The van der Waals surface area contributed by atoms with Gasteiger partial charge in [0.2, 0.25) is 5.91 Å². The standard InChI is InChI=1S/C19H22N4O2/c1-21-10-2-7-19(18(21)25)8-11-22(13-19)17(24)15-3-5-16(6-4-15)23-12-9-20-14-23/h3-6,9,12,14H,2,7-8,10-11,13H2,1H3. The molecule has 1 atom stereocenters. The topological polar surface area (TPSA) is 58.4 Å². The predicted molar refractivity (Wildman–Crippen MR) is 93.4 cm³/mol. The van der Waals surface area contributed by atoms with Gasteiger partial charge in [0.05, 0.1) is 11.7 Å². The van der Waals surface area contributed by atoms with Crippen molar-refractivity contribution >= 4 is 11.8 Å². The Balaban J connectivity index is 1.49. The fourth-order valence-corrected chi connectivity index (χ4v) is 4.06. The van der Waals surface area contributed by atoms with Gasteiger partial charge < -0.3 is 14.4 Å². The molecule has 0 bridgehead atoms. The van der Waals surface area contributed by atoms with Crippen LogP contribution < -0.4 is 0 Å². The second-order valence-corrected chi connectivity index (χ2v) is 7.10. The highest BCUT2D eigenvalue weighted by atomic mass is 16.2. The SMILES string of the molecule is CN1CCCC2(CCN(C(=O)c3ccc(-n4ccnc4)cc3)C2)C1=O. The molecule has 2 aromatic rings. The first-order valence-electron chi connectivity index (χ1n) is 8.72. The van der Waals surface area contributed by atoms with E-state index in [-0.39, 0.29) is 17.2 Å². The maximum Gasteiger partial charge on any atom is 0.253 e. The van der Waals surface area contributed by atoms with Crippen LogP contribution in [0.5, 0.6) is 0 Å². The molecule has 1 spiro atoms. The lowest BCUT2D eigenvalue weighted by molar-refractivity contribution is -0.143. The minimum Gasteiger partial charge on any atom is -0.345 e. The summed E-state index contributed by atoms with van der Waals surface area (Å²) in [6.07, 6.45) is 8.00. The van der Waals surface area contributed by atoms with Crippen LogP contribution in [-0.2, 0) is 4.79 Å². The average Bonchev–Trinajstić information content (AvgIpc) is 3.30. The zero-order valence-electron chi connectivity index (χ0n) is 14.4. The van der Waals surface area contributed by atoms with Crippen LogP contribution in [0.2, 0.25) is 0 Å². The first kappa shape index (κ1) is 15.9. The highest BCUT2D eigenvalue weighted by Gasteiger charge is 2.48. The number of hydrogen-bond acceptors (Lipinski definition) is 3. The van der Waals surface area contributed by atoms with E-state index >= 15 is 0 Å². The van der Waals surface area contributed by atoms with Crippen molar-refractivity contribution in [3.05, 3.63) is 48.5 Å². The molecule has 3 heterocycles. The third kappa shape index (κ3) is 2.71. The van der Waals surface area contributed by atoms with Crippen molar-refractivity contribution in [2.24, 2.45) is 5.41 Å². The van der Waals surface area contributed by atoms with Crippen LogP contribution in [0.4, 0.5) is 0 Å². The largest absolute Gasteiger partial charge is 0.345 e. The Kier molecular flexibility index (Phi) is 3.82. The molecule has 130 valence electrons.